The summed E-state index contributed by atoms with van der Waals surface area (Å²) in [6.07, 6.45) is 7.73. The van der Waals surface area contributed by atoms with Gasteiger partial charge in [-0.05, 0) is 76.5 Å². The van der Waals surface area contributed by atoms with Crippen LogP contribution in [0.15, 0.2) is 60.2 Å². The molecule has 2 fully saturated rings. The topological polar surface area (TPSA) is 78.9 Å². The molecule has 0 bridgehead atoms. The van der Waals surface area contributed by atoms with Crippen LogP contribution in [-0.4, -0.2) is 45.8 Å². The van der Waals surface area contributed by atoms with E-state index >= 15 is 0 Å². The zero-order chi connectivity index (χ0) is 27.3. The molecule has 4 rings (SSSR count). The molecular formula is C32H42N2O4. The van der Waals surface area contributed by atoms with Crippen molar-refractivity contribution in [2.75, 3.05) is 0 Å². The van der Waals surface area contributed by atoms with Crippen LogP contribution in [0.25, 0.3) is 6.08 Å². The number of rotatable bonds is 9. The van der Waals surface area contributed by atoms with Gasteiger partial charge in [0.1, 0.15) is 5.60 Å². The highest BCUT2D eigenvalue weighted by molar-refractivity contribution is 5.89. The van der Waals surface area contributed by atoms with Gasteiger partial charge in [-0.15, -0.1) is 0 Å². The van der Waals surface area contributed by atoms with Gasteiger partial charge in [-0.3, -0.25) is 0 Å². The molecule has 0 heterocycles. The number of carbonyl (C=O) groups is 2. The van der Waals surface area contributed by atoms with Gasteiger partial charge in [0.15, 0.2) is 0 Å². The number of hydrogen-bond donors (Lipinski definition) is 2. The van der Waals surface area contributed by atoms with E-state index in [2.05, 4.69) is 47.5 Å². The zero-order valence-electron chi connectivity index (χ0n) is 23.2. The van der Waals surface area contributed by atoms with Crippen molar-refractivity contribution < 1.29 is 19.4 Å². The number of benzene rings is 2. The second kappa shape index (κ2) is 12.2. The van der Waals surface area contributed by atoms with E-state index in [1.807, 2.05) is 39.0 Å². The van der Waals surface area contributed by atoms with Gasteiger partial charge in [0.25, 0.3) is 0 Å². The lowest BCUT2D eigenvalue weighted by Crippen LogP contribution is -2.48. The lowest BCUT2D eigenvalue weighted by Gasteiger charge is -2.38. The van der Waals surface area contributed by atoms with Gasteiger partial charge in [0.05, 0.1) is 5.56 Å². The van der Waals surface area contributed by atoms with E-state index in [9.17, 15) is 14.7 Å². The summed E-state index contributed by atoms with van der Waals surface area (Å²) in [5.41, 5.74) is 3.20. The number of aromatic carboxylic acids is 1. The van der Waals surface area contributed by atoms with E-state index in [1.54, 1.807) is 12.1 Å². The van der Waals surface area contributed by atoms with Crippen molar-refractivity contribution in [3.8, 4) is 0 Å². The van der Waals surface area contributed by atoms with Crippen molar-refractivity contribution in [3.05, 3.63) is 76.9 Å². The minimum Gasteiger partial charge on any atom is -0.478 e. The highest BCUT2D eigenvalue weighted by Crippen LogP contribution is 2.46. The summed E-state index contributed by atoms with van der Waals surface area (Å²) in [6.45, 7) is 8.51. The fourth-order valence-electron chi connectivity index (χ4n) is 5.69. The van der Waals surface area contributed by atoms with Crippen molar-refractivity contribution in [1.29, 1.82) is 0 Å². The molecular weight excluding hydrogens is 476 g/mol. The molecule has 0 saturated heterocycles. The summed E-state index contributed by atoms with van der Waals surface area (Å²) in [4.78, 5) is 27.1. The highest BCUT2D eigenvalue weighted by atomic mass is 16.6. The van der Waals surface area contributed by atoms with Crippen LogP contribution in [0.2, 0.25) is 0 Å². The molecule has 2 aliphatic rings. The molecule has 2 aromatic rings. The third-order valence-corrected chi connectivity index (χ3v) is 7.67. The summed E-state index contributed by atoms with van der Waals surface area (Å²) >= 11 is 0. The van der Waals surface area contributed by atoms with Gasteiger partial charge in [0.2, 0.25) is 0 Å². The molecule has 0 aromatic heterocycles. The van der Waals surface area contributed by atoms with Crippen molar-refractivity contribution in [1.82, 2.24) is 10.2 Å². The minimum absolute atomic E-state index is 0.152. The molecule has 2 saturated carbocycles. The number of ether oxygens (including phenoxy) is 1. The second-order valence-corrected chi connectivity index (χ2v) is 11.6. The standard InChI is InChI=1S/C32H42N2O4/c1-5-23(19-22-11-7-6-8-12-22)28-20-29(28)34(31(37)38-32(2,3)4)26-17-15-25(16-18-26)33-21-24-13-9-10-14-27(24)30(35)36/h6-14,19,25-26,28-29,33H,5,15-18,20-21H2,1-4H3,(H,35,36)/t25?,26?,28?,29-/m0/s1. The summed E-state index contributed by atoms with van der Waals surface area (Å²) in [5, 5.41) is 13.0. The van der Waals surface area contributed by atoms with Crippen LogP contribution in [0.3, 0.4) is 0 Å². The fourth-order valence-corrected chi connectivity index (χ4v) is 5.69. The number of carbonyl (C=O) groups excluding carboxylic acids is 1. The van der Waals surface area contributed by atoms with Crippen LogP contribution in [0.1, 0.15) is 87.7 Å². The molecule has 1 amide bonds. The van der Waals surface area contributed by atoms with Crippen LogP contribution >= 0.6 is 0 Å². The predicted molar refractivity (Wildman–Crippen MR) is 151 cm³/mol. The number of carboxylic acids is 1. The lowest BCUT2D eigenvalue weighted by molar-refractivity contribution is 0.00785. The smallest absolute Gasteiger partial charge is 0.410 e. The van der Waals surface area contributed by atoms with Crippen LogP contribution in [0.5, 0.6) is 0 Å². The molecule has 6 nitrogen and oxygen atoms in total. The van der Waals surface area contributed by atoms with E-state index in [-0.39, 0.29) is 18.2 Å². The Morgan fingerprint density at radius 2 is 1.68 bits per heavy atom. The molecule has 6 heteroatoms. The van der Waals surface area contributed by atoms with Gasteiger partial charge < -0.3 is 20.1 Å². The molecule has 2 atom stereocenters. The number of hydrogen-bond acceptors (Lipinski definition) is 4. The molecule has 0 spiro atoms. The van der Waals surface area contributed by atoms with Crippen molar-refractivity contribution in [2.24, 2.45) is 5.92 Å². The Kier molecular flexibility index (Phi) is 8.93. The first-order valence-electron chi connectivity index (χ1n) is 14.0. The maximum Gasteiger partial charge on any atom is 0.410 e. The molecule has 2 aromatic carbocycles. The fraction of sp³-hybridized carbons (Fsp3) is 0.500. The summed E-state index contributed by atoms with van der Waals surface area (Å²) in [7, 11) is 0. The molecule has 0 aliphatic heterocycles. The molecule has 204 valence electrons. The Bertz CT molecular complexity index is 1130. The lowest BCUT2D eigenvalue weighted by atomic mass is 9.89. The highest BCUT2D eigenvalue weighted by Gasteiger charge is 2.49. The third kappa shape index (κ3) is 7.25. The van der Waals surface area contributed by atoms with E-state index in [0.29, 0.717) is 24.1 Å². The Morgan fingerprint density at radius 3 is 2.32 bits per heavy atom. The molecule has 0 radical (unpaired) electrons. The van der Waals surface area contributed by atoms with Gasteiger partial charge in [-0.25, -0.2) is 9.59 Å². The quantitative estimate of drug-likeness (QED) is 0.377. The van der Waals surface area contributed by atoms with E-state index in [0.717, 1.165) is 44.1 Å². The van der Waals surface area contributed by atoms with Gasteiger partial charge >= 0.3 is 12.1 Å². The largest absolute Gasteiger partial charge is 0.478 e. The number of amides is 1. The minimum atomic E-state index is -0.897. The summed E-state index contributed by atoms with van der Waals surface area (Å²) in [6, 6.07) is 18.2. The van der Waals surface area contributed by atoms with Crippen molar-refractivity contribution in [3.63, 3.8) is 0 Å². The number of carboxylic acid groups (broad SMARTS) is 1. The van der Waals surface area contributed by atoms with Crippen molar-refractivity contribution >= 4 is 18.1 Å². The van der Waals surface area contributed by atoms with Crippen molar-refractivity contribution in [2.45, 2.75) is 96.5 Å². The Morgan fingerprint density at radius 1 is 1.03 bits per heavy atom. The summed E-state index contributed by atoms with van der Waals surface area (Å²) in [5.74, 6) is -0.526. The predicted octanol–water partition coefficient (Wildman–Crippen LogP) is 6.90. The third-order valence-electron chi connectivity index (χ3n) is 7.67. The number of nitrogens with zero attached hydrogens (tertiary/aromatic N) is 1. The van der Waals surface area contributed by atoms with Crippen LogP contribution < -0.4 is 5.32 Å². The van der Waals surface area contributed by atoms with E-state index < -0.39 is 11.6 Å². The normalized spacial score (nSPS) is 23.5. The maximum absolute atomic E-state index is 13.5. The van der Waals surface area contributed by atoms with Gasteiger partial charge in [-0.2, -0.15) is 0 Å². The average molecular weight is 519 g/mol. The first kappa shape index (κ1) is 27.9. The maximum atomic E-state index is 13.5. The molecule has 38 heavy (non-hydrogen) atoms. The van der Waals surface area contributed by atoms with Crippen LogP contribution in [0, 0.1) is 5.92 Å². The Labute approximate surface area is 227 Å². The first-order valence-corrected chi connectivity index (χ1v) is 14.0. The first-order chi connectivity index (χ1) is 18.2. The molecule has 2 aliphatic carbocycles. The van der Waals surface area contributed by atoms with Gasteiger partial charge in [0, 0.05) is 30.6 Å². The Balaban J connectivity index is 1.41. The average Bonchev–Trinajstić information content (AvgIpc) is 3.66. The van der Waals surface area contributed by atoms with E-state index in [4.69, 9.17) is 4.74 Å². The van der Waals surface area contributed by atoms with Gasteiger partial charge in [-0.1, -0.05) is 67.1 Å². The zero-order valence-corrected chi connectivity index (χ0v) is 23.2. The number of nitrogens with one attached hydrogen (secondary N) is 1. The monoisotopic (exact) mass is 518 g/mol. The molecule has 1 unspecified atom stereocenters. The SMILES string of the molecule is CCC(=Cc1ccccc1)C1C[C@@H]1N(C(=O)OC(C)(C)C)C1CCC(NCc2ccccc2C(=O)O)CC1. The second-order valence-electron chi connectivity index (χ2n) is 11.6. The van der Waals surface area contributed by atoms with E-state index in [1.165, 1.54) is 11.1 Å². The molecule has 2 N–H and O–H groups in total. The van der Waals surface area contributed by atoms with Crippen LogP contribution in [0.4, 0.5) is 4.79 Å². The summed E-state index contributed by atoms with van der Waals surface area (Å²) < 4.78 is 5.90. The Hall–Kier alpha value is -3.12. The van der Waals surface area contributed by atoms with Crippen LogP contribution in [-0.2, 0) is 11.3 Å².